The van der Waals surface area contributed by atoms with Crippen LogP contribution in [0.3, 0.4) is 0 Å². The second-order valence-corrected chi connectivity index (χ2v) is 6.12. The number of para-hydroxylation sites is 1. The van der Waals surface area contributed by atoms with Crippen LogP contribution in [-0.4, -0.2) is 20.2 Å². The summed E-state index contributed by atoms with van der Waals surface area (Å²) in [5.41, 5.74) is 5.25. The molecule has 0 spiro atoms. The summed E-state index contributed by atoms with van der Waals surface area (Å²) in [6.07, 6.45) is 0. The standard InChI is InChI=1S/C17H14N4S.C2H6/c1-11-6-2-3-7-12(11)10-22-17-19-16-15(20-21-17)13-8-4-5-9-14(13)18-16;1-2/h2-9H,10H2,1H3,(H,18,19,21);1-2H3. The summed E-state index contributed by atoms with van der Waals surface area (Å²) in [6, 6.07) is 16.4. The fraction of sp³-hybridized carbons (Fsp3) is 0.211. The third-order valence-electron chi connectivity index (χ3n) is 3.72. The molecule has 0 bridgehead atoms. The quantitative estimate of drug-likeness (QED) is 0.527. The van der Waals surface area contributed by atoms with E-state index in [2.05, 4.69) is 51.4 Å². The highest BCUT2D eigenvalue weighted by Crippen LogP contribution is 2.25. The summed E-state index contributed by atoms with van der Waals surface area (Å²) in [5.74, 6) is 0.847. The highest BCUT2D eigenvalue weighted by atomic mass is 32.2. The highest BCUT2D eigenvalue weighted by Gasteiger charge is 2.09. The van der Waals surface area contributed by atoms with Gasteiger partial charge in [-0.05, 0) is 24.1 Å². The van der Waals surface area contributed by atoms with Crippen molar-refractivity contribution in [3.8, 4) is 0 Å². The monoisotopic (exact) mass is 336 g/mol. The smallest absolute Gasteiger partial charge is 0.211 e. The van der Waals surface area contributed by atoms with Gasteiger partial charge in [0.1, 0.15) is 5.52 Å². The molecular weight excluding hydrogens is 316 g/mol. The molecule has 2 aromatic carbocycles. The van der Waals surface area contributed by atoms with Gasteiger partial charge in [-0.1, -0.05) is 68.1 Å². The number of fused-ring (bicyclic) bond motifs is 3. The summed E-state index contributed by atoms with van der Waals surface area (Å²) in [6.45, 7) is 6.12. The first kappa shape index (κ1) is 16.5. The zero-order valence-corrected chi connectivity index (χ0v) is 14.9. The average Bonchev–Trinajstić information content (AvgIpc) is 3.00. The second kappa shape index (κ2) is 7.45. The molecule has 2 aromatic heterocycles. The minimum absolute atomic E-state index is 0.697. The molecule has 122 valence electrons. The predicted octanol–water partition coefficient (Wildman–Crippen LogP) is 5.13. The molecule has 0 saturated heterocycles. The van der Waals surface area contributed by atoms with Crippen LogP contribution in [0.2, 0.25) is 0 Å². The lowest BCUT2D eigenvalue weighted by Crippen LogP contribution is -1.93. The molecule has 5 heteroatoms. The lowest BCUT2D eigenvalue weighted by atomic mass is 10.1. The Labute approximate surface area is 145 Å². The maximum atomic E-state index is 4.59. The molecule has 0 atom stereocenters. The Morgan fingerprint density at radius 2 is 1.71 bits per heavy atom. The summed E-state index contributed by atoms with van der Waals surface area (Å²) in [4.78, 5) is 7.89. The van der Waals surface area contributed by atoms with Gasteiger partial charge in [-0.2, -0.15) is 0 Å². The molecule has 4 nitrogen and oxygen atoms in total. The Balaban J connectivity index is 0.000000815. The fourth-order valence-corrected chi connectivity index (χ4v) is 3.34. The molecule has 0 amide bonds. The molecule has 0 aliphatic carbocycles. The molecule has 24 heavy (non-hydrogen) atoms. The van der Waals surface area contributed by atoms with Gasteiger partial charge in [-0.3, -0.25) is 0 Å². The number of H-pyrrole nitrogens is 1. The van der Waals surface area contributed by atoms with Gasteiger partial charge in [0.2, 0.25) is 5.16 Å². The Bertz CT molecular complexity index is 962. The van der Waals surface area contributed by atoms with Crippen molar-refractivity contribution in [3.63, 3.8) is 0 Å². The number of nitrogens with one attached hydrogen (secondary N) is 1. The number of hydrogen-bond acceptors (Lipinski definition) is 4. The van der Waals surface area contributed by atoms with Gasteiger partial charge >= 0.3 is 0 Å². The van der Waals surface area contributed by atoms with Crippen LogP contribution in [0.4, 0.5) is 0 Å². The second-order valence-electron chi connectivity index (χ2n) is 5.18. The van der Waals surface area contributed by atoms with Gasteiger partial charge in [0.15, 0.2) is 5.65 Å². The number of aromatic amines is 1. The summed E-state index contributed by atoms with van der Waals surface area (Å²) in [7, 11) is 0. The van der Waals surface area contributed by atoms with Gasteiger partial charge in [0, 0.05) is 16.7 Å². The van der Waals surface area contributed by atoms with Crippen molar-refractivity contribution >= 4 is 33.8 Å². The molecule has 4 rings (SSSR count). The Hall–Kier alpha value is -2.40. The van der Waals surface area contributed by atoms with Crippen molar-refractivity contribution in [2.24, 2.45) is 0 Å². The summed E-state index contributed by atoms with van der Waals surface area (Å²) < 4.78 is 0. The minimum atomic E-state index is 0.697. The van der Waals surface area contributed by atoms with E-state index in [0.717, 1.165) is 27.8 Å². The molecule has 0 saturated carbocycles. The Morgan fingerprint density at radius 1 is 0.958 bits per heavy atom. The summed E-state index contributed by atoms with van der Waals surface area (Å²) in [5, 5.41) is 10.4. The molecule has 4 aromatic rings. The predicted molar refractivity (Wildman–Crippen MR) is 101 cm³/mol. The van der Waals surface area contributed by atoms with Crippen molar-refractivity contribution in [1.82, 2.24) is 20.2 Å². The van der Waals surface area contributed by atoms with Crippen molar-refractivity contribution in [1.29, 1.82) is 0 Å². The maximum Gasteiger partial charge on any atom is 0.211 e. The zero-order chi connectivity index (χ0) is 16.9. The van der Waals surface area contributed by atoms with E-state index in [-0.39, 0.29) is 0 Å². The van der Waals surface area contributed by atoms with Gasteiger partial charge in [-0.15, -0.1) is 10.2 Å². The first-order valence-corrected chi connectivity index (χ1v) is 9.08. The van der Waals surface area contributed by atoms with E-state index in [9.17, 15) is 0 Å². The number of benzene rings is 2. The lowest BCUT2D eigenvalue weighted by Gasteiger charge is -2.03. The lowest BCUT2D eigenvalue weighted by molar-refractivity contribution is 0.878. The van der Waals surface area contributed by atoms with Crippen LogP contribution in [0, 0.1) is 6.92 Å². The van der Waals surface area contributed by atoms with Crippen molar-refractivity contribution in [2.45, 2.75) is 31.7 Å². The minimum Gasteiger partial charge on any atom is -0.338 e. The van der Waals surface area contributed by atoms with E-state index >= 15 is 0 Å². The third-order valence-corrected chi connectivity index (χ3v) is 4.61. The topological polar surface area (TPSA) is 54.5 Å². The first-order chi connectivity index (χ1) is 11.8. The SMILES string of the molecule is CC.Cc1ccccc1CSc1nnc2c(n1)[nH]c1ccccc12. The van der Waals surface area contributed by atoms with Crippen LogP contribution in [0.15, 0.2) is 53.7 Å². The Kier molecular flexibility index (Phi) is 5.11. The van der Waals surface area contributed by atoms with Gasteiger partial charge < -0.3 is 4.98 Å². The van der Waals surface area contributed by atoms with Gasteiger partial charge in [0.05, 0.1) is 0 Å². The largest absolute Gasteiger partial charge is 0.338 e. The first-order valence-electron chi connectivity index (χ1n) is 8.10. The molecule has 0 aliphatic heterocycles. The third kappa shape index (κ3) is 3.26. The van der Waals surface area contributed by atoms with E-state index in [4.69, 9.17) is 0 Å². The van der Waals surface area contributed by atoms with Crippen LogP contribution in [0.1, 0.15) is 25.0 Å². The number of thioether (sulfide) groups is 1. The number of aromatic nitrogens is 4. The molecule has 2 heterocycles. The molecule has 0 unspecified atom stereocenters. The number of nitrogens with zero attached hydrogens (tertiary/aromatic N) is 3. The summed E-state index contributed by atoms with van der Waals surface area (Å²) >= 11 is 1.61. The average molecular weight is 336 g/mol. The number of rotatable bonds is 3. The molecule has 0 fully saturated rings. The van der Waals surface area contributed by atoms with Crippen molar-refractivity contribution in [3.05, 3.63) is 59.7 Å². The molecular formula is C19H20N4S. The van der Waals surface area contributed by atoms with E-state index in [0.29, 0.717) is 5.16 Å². The van der Waals surface area contributed by atoms with Gasteiger partial charge in [0.25, 0.3) is 0 Å². The van der Waals surface area contributed by atoms with E-state index in [1.54, 1.807) is 11.8 Å². The van der Waals surface area contributed by atoms with Crippen molar-refractivity contribution < 1.29 is 0 Å². The normalized spacial score (nSPS) is 10.6. The zero-order valence-electron chi connectivity index (χ0n) is 14.1. The van der Waals surface area contributed by atoms with Crippen molar-refractivity contribution in [2.75, 3.05) is 0 Å². The highest BCUT2D eigenvalue weighted by molar-refractivity contribution is 7.98. The van der Waals surface area contributed by atoms with Crippen LogP contribution >= 0.6 is 11.8 Å². The number of aryl methyl sites for hydroxylation is 1. The van der Waals surface area contributed by atoms with Crippen LogP contribution in [0.5, 0.6) is 0 Å². The van der Waals surface area contributed by atoms with Crippen LogP contribution in [-0.2, 0) is 5.75 Å². The molecule has 0 radical (unpaired) electrons. The number of hydrogen-bond donors (Lipinski definition) is 1. The fourth-order valence-electron chi connectivity index (χ4n) is 2.48. The van der Waals surface area contributed by atoms with Crippen LogP contribution in [0.25, 0.3) is 22.1 Å². The Morgan fingerprint density at radius 3 is 2.54 bits per heavy atom. The van der Waals surface area contributed by atoms with Crippen LogP contribution < -0.4 is 0 Å². The van der Waals surface area contributed by atoms with E-state index < -0.39 is 0 Å². The molecule has 0 aliphatic rings. The van der Waals surface area contributed by atoms with E-state index in [1.807, 2.05) is 38.1 Å². The van der Waals surface area contributed by atoms with E-state index in [1.165, 1.54) is 11.1 Å². The maximum absolute atomic E-state index is 4.59. The van der Waals surface area contributed by atoms with Gasteiger partial charge in [-0.25, -0.2) is 4.98 Å². The molecule has 1 N–H and O–H groups in total.